The molecule has 2 heterocycles. The molecule has 1 fully saturated rings. The summed E-state index contributed by atoms with van der Waals surface area (Å²) in [5, 5.41) is 0. The van der Waals surface area contributed by atoms with Crippen molar-refractivity contribution in [2.75, 3.05) is 31.2 Å². The third-order valence-electron chi connectivity index (χ3n) is 2.23. The van der Waals surface area contributed by atoms with E-state index in [2.05, 4.69) is 9.97 Å². The third kappa shape index (κ3) is 2.41. The van der Waals surface area contributed by atoms with Gasteiger partial charge in [0.2, 0.25) is 5.95 Å². The molecule has 0 amide bonds. The van der Waals surface area contributed by atoms with Crippen molar-refractivity contribution in [3.63, 3.8) is 0 Å². The standard InChI is InChI=1S/C9H10F3N3O/c10-9(11,12)7-1-2-13-8(14-7)15-3-5-16-6-4-15/h1-2H,3-6H2. The number of ether oxygens (including phenoxy) is 1. The van der Waals surface area contributed by atoms with Crippen molar-refractivity contribution in [2.24, 2.45) is 0 Å². The first-order valence-electron chi connectivity index (χ1n) is 4.80. The summed E-state index contributed by atoms with van der Waals surface area (Å²) in [6.45, 7) is 2.00. The quantitative estimate of drug-likeness (QED) is 0.733. The van der Waals surface area contributed by atoms with Gasteiger partial charge < -0.3 is 9.64 Å². The van der Waals surface area contributed by atoms with Crippen LogP contribution in [0.1, 0.15) is 5.69 Å². The van der Waals surface area contributed by atoms with Crippen LogP contribution in [0.2, 0.25) is 0 Å². The fraction of sp³-hybridized carbons (Fsp3) is 0.556. The van der Waals surface area contributed by atoms with Crippen LogP contribution in [0, 0.1) is 0 Å². The number of morpholine rings is 1. The zero-order valence-electron chi connectivity index (χ0n) is 8.37. The van der Waals surface area contributed by atoms with Gasteiger partial charge in [-0.25, -0.2) is 9.97 Å². The van der Waals surface area contributed by atoms with Crippen molar-refractivity contribution < 1.29 is 17.9 Å². The maximum absolute atomic E-state index is 12.4. The average Bonchev–Trinajstić information content (AvgIpc) is 2.29. The summed E-state index contributed by atoms with van der Waals surface area (Å²) < 4.78 is 42.3. The van der Waals surface area contributed by atoms with Crippen LogP contribution in [0.25, 0.3) is 0 Å². The Morgan fingerprint density at radius 2 is 1.94 bits per heavy atom. The predicted molar refractivity (Wildman–Crippen MR) is 50.1 cm³/mol. The number of halogens is 3. The molecule has 88 valence electrons. The summed E-state index contributed by atoms with van der Waals surface area (Å²) in [5.41, 5.74) is -0.913. The lowest BCUT2D eigenvalue weighted by molar-refractivity contribution is -0.141. The molecule has 1 aliphatic heterocycles. The molecule has 0 radical (unpaired) electrons. The SMILES string of the molecule is FC(F)(F)c1ccnc(N2CCOCC2)n1. The number of rotatable bonds is 1. The molecule has 2 rings (SSSR count). The van der Waals surface area contributed by atoms with Crippen LogP contribution >= 0.6 is 0 Å². The van der Waals surface area contributed by atoms with Crippen molar-refractivity contribution in [3.05, 3.63) is 18.0 Å². The maximum Gasteiger partial charge on any atom is 0.433 e. The van der Waals surface area contributed by atoms with E-state index in [1.54, 1.807) is 4.90 Å². The molecule has 1 aromatic rings. The molecule has 0 aliphatic carbocycles. The molecule has 0 aromatic carbocycles. The van der Waals surface area contributed by atoms with E-state index >= 15 is 0 Å². The lowest BCUT2D eigenvalue weighted by Crippen LogP contribution is -2.37. The number of alkyl halides is 3. The van der Waals surface area contributed by atoms with Crippen LogP contribution in [0.4, 0.5) is 19.1 Å². The molecule has 0 unspecified atom stereocenters. The van der Waals surface area contributed by atoms with Crippen LogP contribution in [-0.4, -0.2) is 36.3 Å². The number of nitrogens with zero attached hydrogens (tertiary/aromatic N) is 3. The summed E-state index contributed by atoms with van der Waals surface area (Å²) in [6, 6.07) is 0.865. The van der Waals surface area contributed by atoms with Crippen molar-refractivity contribution in [3.8, 4) is 0 Å². The van der Waals surface area contributed by atoms with Gasteiger partial charge in [-0.05, 0) is 6.07 Å². The molecule has 0 spiro atoms. The minimum absolute atomic E-state index is 0.109. The Bertz CT molecular complexity index is 363. The van der Waals surface area contributed by atoms with E-state index in [0.717, 1.165) is 12.3 Å². The number of hydrogen-bond donors (Lipinski definition) is 0. The fourth-order valence-corrected chi connectivity index (χ4v) is 1.42. The van der Waals surface area contributed by atoms with Gasteiger partial charge in [-0.1, -0.05) is 0 Å². The van der Waals surface area contributed by atoms with Gasteiger partial charge >= 0.3 is 6.18 Å². The smallest absolute Gasteiger partial charge is 0.378 e. The van der Waals surface area contributed by atoms with Gasteiger partial charge in [0.15, 0.2) is 0 Å². The summed E-state index contributed by atoms with van der Waals surface area (Å²) in [6.07, 6.45) is -3.30. The van der Waals surface area contributed by atoms with Crippen LogP contribution < -0.4 is 4.90 Å². The largest absolute Gasteiger partial charge is 0.433 e. The van der Waals surface area contributed by atoms with Crippen molar-refractivity contribution >= 4 is 5.95 Å². The summed E-state index contributed by atoms with van der Waals surface area (Å²) in [4.78, 5) is 9.02. The lowest BCUT2D eigenvalue weighted by Gasteiger charge is -2.26. The van der Waals surface area contributed by atoms with E-state index < -0.39 is 11.9 Å². The molecule has 0 N–H and O–H groups in total. The molecule has 0 atom stereocenters. The van der Waals surface area contributed by atoms with Crippen LogP contribution in [-0.2, 0) is 10.9 Å². The Morgan fingerprint density at radius 3 is 2.56 bits per heavy atom. The highest BCUT2D eigenvalue weighted by molar-refractivity contribution is 5.31. The zero-order valence-corrected chi connectivity index (χ0v) is 8.37. The van der Waals surface area contributed by atoms with E-state index in [9.17, 15) is 13.2 Å². The van der Waals surface area contributed by atoms with Gasteiger partial charge in [-0.15, -0.1) is 0 Å². The topological polar surface area (TPSA) is 38.2 Å². The minimum atomic E-state index is -4.43. The van der Waals surface area contributed by atoms with Gasteiger partial charge in [0.05, 0.1) is 13.2 Å². The van der Waals surface area contributed by atoms with Gasteiger partial charge in [0.25, 0.3) is 0 Å². The summed E-state index contributed by atoms with van der Waals surface area (Å²) in [7, 11) is 0. The monoisotopic (exact) mass is 233 g/mol. The van der Waals surface area contributed by atoms with E-state index in [0.29, 0.717) is 26.3 Å². The number of hydrogen-bond acceptors (Lipinski definition) is 4. The Labute approximate surface area is 90.1 Å². The molecular weight excluding hydrogens is 223 g/mol. The molecule has 4 nitrogen and oxygen atoms in total. The highest BCUT2D eigenvalue weighted by Gasteiger charge is 2.33. The van der Waals surface area contributed by atoms with Gasteiger partial charge in [0.1, 0.15) is 5.69 Å². The molecule has 0 saturated carbocycles. The third-order valence-corrected chi connectivity index (χ3v) is 2.23. The molecule has 16 heavy (non-hydrogen) atoms. The maximum atomic E-state index is 12.4. The lowest BCUT2D eigenvalue weighted by atomic mass is 10.4. The molecule has 1 aromatic heterocycles. The second kappa shape index (κ2) is 4.25. The Balaban J connectivity index is 2.21. The Morgan fingerprint density at radius 1 is 1.25 bits per heavy atom. The average molecular weight is 233 g/mol. The zero-order chi connectivity index (χ0) is 11.6. The first kappa shape index (κ1) is 11.1. The Kier molecular flexibility index (Phi) is 2.95. The normalized spacial score (nSPS) is 17.6. The Hall–Kier alpha value is -1.37. The van der Waals surface area contributed by atoms with Crippen molar-refractivity contribution in [1.82, 2.24) is 9.97 Å². The number of anilines is 1. The van der Waals surface area contributed by atoms with Crippen LogP contribution in [0.3, 0.4) is 0 Å². The van der Waals surface area contributed by atoms with Gasteiger partial charge in [-0.3, -0.25) is 0 Å². The van der Waals surface area contributed by atoms with Gasteiger partial charge in [0, 0.05) is 19.3 Å². The summed E-state index contributed by atoms with van der Waals surface area (Å²) in [5.74, 6) is 0.109. The van der Waals surface area contributed by atoms with Crippen LogP contribution in [0.15, 0.2) is 12.3 Å². The van der Waals surface area contributed by atoms with E-state index in [-0.39, 0.29) is 5.95 Å². The van der Waals surface area contributed by atoms with Crippen LogP contribution in [0.5, 0.6) is 0 Å². The molecule has 0 bridgehead atoms. The fourth-order valence-electron chi connectivity index (χ4n) is 1.42. The first-order valence-corrected chi connectivity index (χ1v) is 4.80. The molecular formula is C9H10F3N3O. The van der Waals surface area contributed by atoms with E-state index in [1.807, 2.05) is 0 Å². The summed E-state index contributed by atoms with van der Waals surface area (Å²) >= 11 is 0. The number of aromatic nitrogens is 2. The molecule has 1 aliphatic rings. The van der Waals surface area contributed by atoms with E-state index in [1.165, 1.54) is 0 Å². The highest BCUT2D eigenvalue weighted by atomic mass is 19.4. The first-order chi connectivity index (χ1) is 7.57. The second-order valence-corrected chi connectivity index (χ2v) is 3.34. The minimum Gasteiger partial charge on any atom is -0.378 e. The van der Waals surface area contributed by atoms with E-state index in [4.69, 9.17) is 4.74 Å². The second-order valence-electron chi connectivity index (χ2n) is 3.34. The van der Waals surface area contributed by atoms with Crippen molar-refractivity contribution in [1.29, 1.82) is 0 Å². The highest BCUT2D eigenvalue weighted by Crippen LogP contribution is 2.28. The van der Waals surface area contributed by atoms with Gasteiger partial charge in [-0.2, -0.15) is 13.2 Å². The molecule has 7 heteroatoms. The predicted octanol–water partition coefficient (Wildman–Crippen LogP) is 1.33. The molecule has 1 saturated heterocycles. The van der Waals surface area contributed by atoms with Crippen molar-refractivity contribution in [2.45, 2.75) is 6.18 Å².